The molecule has 0 saturated carbocycles. The van der Waals surface area contributed by atoms with Gasteiger partial charge in [-0.3, -0.25) is 9.59 Å². The fourth-order valence-electron chi connectivity index (χ4n) is 1.49. The third kappa shape index (κ3) is 2.78. The Morgan fingerprint density at radius 3 is 2.56 bits per heavy atom. The molecule has 1 aromatic carbocycles. The van der Waals surface area contributed by atoms with Gasteiger partial charge in [-0.05, 0) is 18.2 Å². The molecular weight excluding hydrogens is 275 g/mol. The molecule has 1 aliphatic heterocycles. The van der Waals surface area contributed by atoms with Gasteiger partial charge >= 0.3 is 0 Å². The number of carbonyl (C=O) groups is 2. The number of amides is 2. The summed E-state index contributed by atoms with van der Waals surface area (Å²) in [5, 5.41) is 3.11. The molecule has 1 aromatic rings. The molecule has 4 nitrogen and oxygen atoms in total. The lowest BCUT2D eigenvalue weighted by Gasteiger charge is -2.11. The Labute approximate surface area is 113 Å². The molecule has 92 valence electrons. The average molecular weight is 283 g/mol. The van der Waals surface area contributed by atoms with Gasteiger partial charge in [0.2, 0.25) is 0 Å². The van der Waals surface area contributed by atoms with Crippen molar-refractivity contribution in [3.8, 4) is 0 Å². The van der Waals surface area contributed by atoms with E-state index in [4.69, 9.17) is 23.2 Å². The standard InChI is InChI=1S/C12H8Cl2N2O2/c13-8-2-1-3-9(14)11(8)12(18)16-7-4-5-15-10(17)6-7/h1-5H,6H2,(H,16,18). The highest BCUT2D eigenvalue weighted by atomic mass is 35.5. The number of rotatable bonds is 2. The highest BCUT2D eigenvalue weighted by Gasteiger charge is 2.17. The summed E-state index contributed by atoms with van der Waals surface area (Å²) in [6, 6.07) is 4.80. The van der Waals surface area contributed by atoms with Crippen molar-refractivity contribution in [2.24, 2.45) is 4.99 Å². The Morgan fingerprint density at radius 2 is 1.94 bits per heavy atom. The molecule has 1 heterocycles. The number of aliphatic imine (C=N–C) groups is 1. The van der Waals surface area contributed by atoms with Crippen LogP contribution in [0.2, 0.25) is 10.0 Å². The Balaban J connectivity index is 2.20. The molecular formula is C12H8Cl2N2O2. The fraction of sp³-hybridized carbons (Fsp3) is 0.0833. The summed E-state index contributed by atoms with van der Waals surface area (Å²) in [6.45, 7) is 0. The first-order valence-corrected chi connectivity index (χ1v) is 5.85. The Kier molecular flexibility index (Phi) is 3.79. The molecule has 0 unspecified atom stereocenters. The maximum atomic E-state index is 12.0. The van der Waals surface area contributed by atoms with Crippen LogP contribution in [0.25, 0.3) is 0 Å². The number of hydrogen-bond acceptors (Lipinski definition) is 2. The van der Waals surface area contributed by atoms with Crippen LogP contribution in [-0.4, -0.2) is 18.0 Å². The van der Waals surface area contributed by atoms with E-state index in [2.05, 4.69) is 10.3 Å². The van der Waals surface area contributed by atoms with Gasteiger partial charge in [-0.25, -0.2) is 4.99 Å². The van der Waals surface area contributed by atoms with Crippen LogP contribution >= 0.6 is 23.2 Å². The van der Waals surface area contributed by atoms with Crippen LogP contribution in [0.1, 0.15) is 16.8 Å². The molecule has 0 aromatic heterocycles. The smallest absolute Gasteiger partial charge is 0.258 e. The number of nitrogens with zero attached hydrogens (tertiary/aromatic N) is 1. The van der Waals surface area contributed by atoms with E-state index < -0.39 is 5.91 Å². The van der Waals surface area contributed by atoms with Crippen LogP contribution in [0, 0.1) is 0 Å². The number of benzene rings is 1. The van der Waals surface area contributed by atoms with Crippen molar-refractivity contribution >= 4 is 41.2 Å². The van der Waals surface area contributed by atoms with E-state index in [0.717, 1.165) is 0 Å². The maximum Gasteiger partial charge on any atom is 0.258 e. The summed E-state index contributed by atoms with van der Waals surface area (Å²) in [5.41, 5.74) is 0.660. The molecule has 0 saturated heterocycles. The highest BCUT2D eigenvalue weighted by molar-refractivity contribution is 6.39. The minimum Gasteiger partial charge on any atom is -0.325 e. The minimum absolute atomic E-state index is 0.0598. The van der Waals surface area contributed by atoms with Gasteiger partial charge < -0.3 is 5.32 Å². The fourth-order valence-corrected chi connectivity index (χ4v) is 2.06. The van der Waals surface area contributed by atoms with Crippen LogP contribution in [0.4, 0.5) is 0 Å². The van der Waals surface area contributed by atoms with Crippen LogP contribution in [0.3, 0.4) is 0 Å². The second kappa shape index (κ2) is 5.33. The number of carbonyl (C=O) groups excluding carboxylic acids is 2. The van der Waals surface area contributed by atoms with E-state index in [9.17, 15) is 9.59 Å². The van der Waals surface area contributed by atoms with E-state index in [1.54, 1.807) is 24.3 Å². The quantitative estimate of drug-likeness (QED) is 0.907. The lowest BCUT2D eigenvalue weighted by Crippen LogP contribution is -2.26. The number of hydrogen-bond donors (Lipinski definition) is 1. The molecule has 0 aliphatic carbocycles. The minimum atomic E-state index is -0.444. The molecule has 2 amide bonds. The molecule has 0 fully saturated rings. The predicted octanol–water partition coefficient (Wildman–Crippen LogP) is 2.61. The molecule has 0 radical (unpaired) electrons. The molecule has 1 aliphatic rings. The van der Waals surface area contributed by atoms with Crippen LogP contribution in [0.15, 0.2) is 35.0 Å². The number of dihydropyridines is 1. The normalized spacial score (nSPS) is 14.3. The molecule has 18 heavy (non-hydrogen) atoms. The van der Waals surface area contributed by atoms with E-state index >= 15 is 0 Å². The Morgan fingerprint density at radius 1 is 1.28 bits per heavy atom. The van der Waals surface area contributed by atoms with Gasteiger partial charge in [0, 0.05) is 11.9 Å². The van der Waals surface area contributed by atoms with Gasteiger partial charge in [-0.15, -0.1) is 0 Å². The summed E-state index contributed by atoms with van der Waals surface area (Å²) in [4.78, 5) is 26.6. The average Bonchev–Trinajstić information content (AvgIpc) is 2.28. The lowest BCUT2D eigenvalue weighted by molar-refractivity contribution is -0.117. The van der Waals surface area contributed by atoms with Gasteiger partial charge in [0.25, 0.3) is 11.8 Å². The zero-order chi connectivity index (χ0) is 13.1. The topological polar surface area (TPSA) is 58.5 Å². The van der Waals surface area contributed by atoms with E-state index in [0.29, 0.717) is 5.70 Å². The summed E-state index contributed by atoms with van der Waals surface area (Å²) in [5.74, 6) is -0.752. The molecule has 1 N–H and O–H groups in total. The van der Waals surface area contributed by atoms with Crippen molar-refractivity contribution < 1.29 is 9.59 Å². The maximum absolute atomic E-state index is 12.0. The molecule has 0 bridgehead atoms. The zero-order valence-electron chi connectivity index (χ0n) is 9.11. The number of allylic oxidation sites excluding steroid dienone is 1. The van der Waals surface area contributed by atoms with Crippen molar-refractivity contribution in [1.29, 1.82) is 0 Å². The SMILES string of the molecule is O=C1CC(NC(=O)c2c(Cl)cccc2Cl)=CC=N1. The summed E-state index contributed by atoms with van der Waals surface area (Å²) >= 11 is 11.8. The second-order valence-electron chi connectivity index (χ2n) is 3.59. The van der Waals surface area contributed by atoms with Crippen LogP contribution in [-0.2, 0) is 4.79 Å². The van der Waals surface area contributed by atoms with Crippen molar-refractivity contribution in [2.45, 2.75) is 6.42 Å². The first kappa shape index (κ1) is 12.8. The lowest BCUT2D eigenvalue weighted by atomic mass is 10.2. The van der Waals surface area contributed by atoms with E-state index in [-0.39, 0.29) is 27.9 Å². The highest BCUT2D eigenvalue weighted by Crippen LogP contribution is 2.24. The number of halogens is 2. The third-order valence-corrected chi connectivity index (χ3v) is 2.93. The molecule has 6 heteroatoms. The second-order valence-corrected chi connectivity index (χ2v) is 4.41. The first-order chi connectivity index (χ1) is 8.58. The summed E-state index contributed by atoms with van der Waals surface area (Å²) in [6.07, 6.45) is 2.96. The zero-order valence-corrected chi connectivity index (χ0v) is 10.6. The summed E-state index contributed by atoms with van der Waals surface area (Å²) in [7, 11) is 0. The molecule has 2 rings (SSSR count). The monoisotopic (exact) mass is 282 g/mol. The third-order valence-electron chi connectivity index (χ3n) is 2.30. The van der Waals surface area contributed by atoms with Gasteiger partial charge in [-0.1, -0.05) is 29.3 Å². The van der Waals surface area contributed by atoms with Gasteiger partial charge in [0.05, 0.1) is 22.0 Å². The van der Waals surface area contributed by atoms with Gasteiger partial charge in [-0.2, -0.15) is 0 Å². The van der Waals surface area contributed by atoms with Gasteiger partial charge in [0.15, 0.2) is 0 Å². The first-order valence-electron chi connectivity index (χ1n) is 5.09. The van der Waals surface area contributed by atoms with Crippen molar-refractivity contribution in [3.63, 3.8) is 0 Å². The Bertz CT molecular complexity index is 559. The predicted molar refractivity (Wildman–Crippen MR) is 70.1 cm³/mol. The van der Waals surface area contributed by atoms with Crippen LogP contribution in [0.5, 0.6) is 0 Å². The van der Waals surface area contributed by atoms with Crippen molar-refractivity contribution in [1.82, 2.24) is 5.32 Å². The van der Waals surface area contributed by atoms with Crippen LogP contribution < -0.4 is 5.32 Å². The Hall–Kier alpha value is -1.65. The van der Waals surface area contributed by atoms with Gasteiger partial charge in [0.1, 0.15) is 0 Å². The van der Waals surface area contributed by atoms with Crippen molar-refractivity contribution in [3.05, 3.63) is 45.6 Å². The van der Waals surface area contributed by atoms with Crippen molar-refractivity contribution in [2.75, 3.05) is 0 Å². The largest absolute Gasteiger partial charge is 0.325 e. The van der Waals surface area contributed by atoms with E-state index in [1.807, 2.05) is 0 Å². The molecule has 0 spiro atoms. The van der Waals surface area contributed by atoms with E-state index in [1.165, 1.54) is 6.21 Å². The molecule has 0 atom stereocenters. The number of nitrogens with one attached hydrogen (secondary N) is 1. The summed E-state index contributed by atoms with van der Waals surface area (Å²) < 4.78 is 0.